The van der Waals surface area contributed by atoms with E-state index in [0.29, 0.717) is 11.1 Å². The molecule has 1 aliphatic heterocycles. The molecule has 0 bridgehead atoms. The minimum absolute atomic E-state index is 0.142. The van der Waals surface area contributed by atoms with Gasteiger partial charge in [0.05, 0.1) is 11.1 Å². The van der Waals surface area contributed by atoms with E-state index in [1.807, 2.05) is 26.0 Å². The average Bonchev–Trinajstić information content (AvgIpc) is 2.58. The summed E-state index contributed by atoms with van der Waals surface area (Å²) in [6.45, 7) is 6.36. The highest BCUT2D eigenvalue weighted by molar-refractivity contribution is 6.32. The first-order valence-corrected chi connectivity index (χ1v) is 7.83. The molecule has 1 saturated heterocycles. The van der Waals surface area contributed by atoms with Crippen molar-refractivity contribution < 1.29 is 4.74 Å². The summed E-state index contributed by atoms with van der Waals surface area (Å²) < 4.78 is 5.66. The van der Waals surface area contributed by atoms with Crippen LogP contribution in [0.25, 0.3) is 0 Å². The van der Waals surface area contributed by atoms with Crippen LogP contribution in [0, 0.1) is 0 Å². The van der Waals surface area contributed by atoms with Crippen molar-refractivity contribution in [3.05, 3.63) is 23.2 Å². The Morgan fingerprint density at radius 3 is 2.80 bits per heavy atom. The number of hydrogen-bond donors (Lipinski definition) is 1. The number of anilines is 1. The van der Waals surface area contributed by atoms with Crippen molar-refractivity contribution >= 4 is 17.3 Å². The zero-order valence-electron chi connectivity index (χ0n) is 12.7. The van der Waals surface area contributed by atoms with E-state index in [0.717, 1.165) is 18.0 Å². The molecule has 20 heavy (non-hydrogen) atoms. The van der Waals surface area contributed by atoms with Gasteiger partial charge in [-0.1, -0.05) is 11.6 Å². The molecule has 0 aromatic heterocycles. The quantitative estimate of drug-likeness (QED) is 0.908. The smallest absolute Gasteiger partial charge is 0.138 e. The van der Waals surface area contributed by atoms with E-state index in [-0.39, 0.29) is 6.10 Å². The normalized spacial score (nSPS) is 20.8. The van der Waals surface area contributed by atoms with Crippen molar-refractivity contribution in [1.29, 1.82) is 0 Å². The standard InChI is InChI=1S/C16H25ClN2O/c1-12(2)20-16-7-6-14(11-15(16)17)18-13-5-4-9-19(3)10-8-13/h6-7,11-13,18H,4-5,8-10H2,1-3H3. The highest BCUT2D eigenvalue weighted by Crippen LogP contribution is 2.29. The molecule has 0 radical (unpaired) electrons. The molecule has 0 aliphatic carbocycles. The molecule has 2 rings (SSSR count). The van der Waals surface area contributed by atoms with Crippen LogP contribution in [0.5, 0.6) is 5.75 Å². The van der Waals surface area contributed by atoms with Gasteiger partial charge in [-0.2, -0.15) is 0 Å². The minimum Gasteiger partial charge on any atom is -0.489 e. The van der Waals surface area contributed by atoms with E-state index in [2.05, 4.69) is 23.3 Å². The number of halogens is 1. The van der Waals surface area contributed by atoms with E-state index in [1.165, 1.54) is 25.8 Å². The number of ether oxygens (including phenoxy) is 1. The Morgan fingerprint density at radius 1 is 1.30 bits per heavy atom. The maximum Gasteiger partial charge on any atom is 0.138 e. The second-order valence-electron chi connectivity index (χ2n) is 5.89. The number of benzene rings is 1. The average molecular weight is 297 g/mol. The Kier molecular flexibility index (Phi) is 5.55. The molecule has 112 valence electrons. The summed E-state index contributed by atoms with van der Waals surface area (Å²) in [6.07, 6.45) is 3.78. The topological polar surface area (TPSA) is 24.5 Å². The monoisotopic (exact) mass is 296 g/mol. The predicted molar refractivity (Wildman–Crippen MR) is 86.0 cm³/mol. The third-order valence-corrected chi connectivity index (χ3v) is 3.91. The van der Waals surface area contributed by atoms with Crippen molar-refractivity contribution in [3.8, 4) is 5.75 Å². The molecule has 1 fully saturated rings. The molecular weight excluding hydrogens is 272 g/mol. The zero-order valence-corrected chi connectivity index (χ0v) is 13.4. The second-order valence-corrected chi connectivity index (χ2v) is 6.29. The fourth-order valence-electron chi connectivity index (χ4n) is 2.56. The molecule has 4 heteroatoms. The SMILES string of the molecule is CC(C)Oc1ccc(NC2CCCN(C)CC2)cc1Cl. The highest BCUT2D eigenvalue weighted by Gasteiger charge is 2.15. The van der Waals surface area contributed by atoms with Gasteiger partial charge >= 0.3 is 0 Å². The largest absolute Gasteiger partial charge is 0.489 e. The van der Waals surface area contributed by atoms with Gasteiger partial charge in [-0.25, -0.2) is 0 Å². The van der Waals surface area contributed by atoms with Crippen LogP contribution in [0.15, 0.2) is 18.2 Å². The second kappa shape index (κ2) is 7.19. The van der Waals surface area contributed by atoms with Crippen molar-refractivity contribution in [3.63, 3.8) is 0 Å². The first-order valence-electron chi connectivity index (χ1n) is 7.46. The molecule has 0 saturated carbocycles. The molecule has 1 atom stereocenters. The lowest BCUT2D eigenvalue weighted by Crippen LogP contribution is -2.23. The van der Waals surface area contributed by atoms with Gasteiger partial charge in [-0.05, 0) is 71.4 Å². The van der Waals surface area contributed by atoms with Gasteiger partial charge in [0.1, 0.15) is 5.75 Å². The molecule has 1 aliphatic rings. The number of rotatable bonds is 4. The summed E-state index contributed by atoms with van der Waals surface area (Å²) in [5, 5.41) is 4.27. The number of hydrogen-bond acceptors (Lipinski definition) is 3. The van der Waals surface area contributed by atoms with Gasteiger partial charge in [0.15, 0.2) is 0 Å². The van der Waals surface area contributed by atoms with Crippen LogP contribution in [-0.4, -0.2) is 37.2 Å². The fraction of sp³-hybridized carbons (Fsp3) is 0.625. The lowest BCUT2D eigenvalue weighted by atomic mass is 10.1. The van der Waals surface area contributed by atoms with Gasteiger partial charge < -0.3 is 15.0 Å². The first kappa shape index (κ1) is 15.5. The van der Waals surface area contributed by atoms with E-state index >= 15 is 0 Å². The lowest BCUT2D eigenvalue weighted by Gasteiger charge is -2.19. The molecule has 3 nitrogen and oxygen atoms in total. The molecule has 1 aromatic carbocycles. The zero-order chi connectivity index (χ0) is 14.5. The molecule has 1 N–H and O–H groups in total. The van der Waals surface area contributed by atoms with Gasteiger partial charge in [0, 0.05) is 11.7 Å². The molecule has 1 heterocycles. The molecule has 1 unspecified atom stereocenters. The highest BCUT2D eigenvalue weighted by atomic mass is 35.5. The Balaban J connectivity index is 1.97. The number of likely N-dealkylation sites (tertiary alicyclic amines) is 1. The van der Waals surface area contributed by atoms with Crippen LogP contribution < -0.4 is 10.1 Å². The van der Waals surface area contributed by atoms with Gasteiger partial charge in [-0.3, -0.25) is 0 Å². The van der Waals surface area contributed by atoms with Crippen LogP contribution in [0.3, 0.4) is 0 Å². The van der Waals surface area contributed by atoms with E-state index in [4.69, 9.17) is 16.3 Å². The molecular formula is C16H25ClN2O. The van der Waals surface area contributed by atoms with Crippen molar-refractivity contribution in [2.24, 2.45) is 0 Å². The number of nitrogens with zero attached hydrogens (tertiary/aromatic N) is 1. The molecule has 0 spiro atoms. The van der Waals surface area contributed by atoms with Crippen LogP contribution in [-0.2, 0) is 0 Å². The van der Waals surface area contributed by atoms with Crippen molar-refractivity contribution in [2.75, 3.05) is 25.5 Å². The third-order valence-electron chi connectivity index (χ3n) is 3.62. The van der Waals surface area contributed by atoms with Crippen molar-refractivity contribution in [1.82, 2.24) is 4.90 Å². The van der Waals surface area contributed by atoms with E-state index in [1.54, 1.807) is 0 Å². The van der Waals surface area contributed by atoms with Crippen molar-refractivity contribution in [2.45, 2.75) is 45.3 Å². The Morgan fingerprint density at radius 2 is 2.10 bits per heavy atom. The minimum atomic E-state index is 0.142. The van der Waals surface area contributed by atoms with Crippen LogP contribution in [0.4, 0.5) is 5.69 Å². The maximum atomic E-state index is 6.27. The summed E-state index contributed by atoms with van der Waals surface area (Å²) in [5.41, 5.74) is 1.08. The van der Waals surface area contributed by atoms with E-state index in [9.17, 15) is 0 Å². The summed E-state index contributed by atoms with van der Waals surface area (Å²) in [7, 11) is 2.19. The first-order chi connectivity index (χ1) is 9.54. The molecule has 0 amide bonds. The Labute approximate surface area is 127 Å². The summed E-state index contributed by atoms with van der Waals surface area (Å²) in [6, 6.07) is 6.51. The van der Waals surface area contributed by atoms with Crippen LogP contribution >= 0.6 is 11.6 Å². The van der Waals surface area contributed by atoms with Gasteiger partial charge in [0.25, 0.3) is 0 Å². The summed E-state index contributed by atoms with van der Waals surface area (Å²) in [4.78, 5) is 2.40. The number of nitrogens with one attached hydrogen (secondary N) is 1. The maximum absolute atomic E-state index is 6.27. The van der Waals surface area contributed by atoms with E-state index < -0.39 is 0 Å². The summed E-state index contributed by atoms with van der Waals surface area (Å²) >= 11 is 6.27. The summed E-state index contributed by atoms with van der Waals surface area (Å²) in [5.74, 6) is 0.757. The predicted octanol–water partition coefficient (Wildman–Crippen LogP) is 4.02. The molecule has 1 aromatic rings. The fourth-order valence-corrected chi connectivity index (χ4v) is 2.79. The lowest BCUT2D eigenvalue weighted by molar-refractivity contribution is 0.242. The van der Waals surface area contributed by atoms with Crippen LogP contribution in [0.1, 0.15) is 33.1 Å². The van der Waals surface area contributed by atoms with Crippen LogP contribution in [0.2, 0.25) is 5.02 Å². The third kappa shape index (κ3) is 4.57. The Bertz CT molecular complexity index is 436. The van der Waals surface area contributed by atoms with Gasteiger partial charge in [0.2, 0.25) is 0 Å². The van der Waals surface area contributed by atoms with Gasteiger partial charge in [-0.15, -0.1) is 0 Å². The Hall–Kier alpha value is -0.930.